The van der Waals surface area contributed by atoms with Gasteiger partial charge >= 0.3 is 0 Å². The summed E-state index contributed by atoms with van der Waals surface area (Å²) in [6.07, 6.45) is 1.97. The van der Waals surface area contributed by atoms with E-state index in [1.165, 1.54) is 6.08 Å². The number of hydrogen-bond donors (Lipinski definition) is 3. The smallest absolute Gasteiger partial charge is 0.244 e. The second-order valence-corrected chi connectivity index (χ2v) is 3.84. The fraction of sp³-hybridized carbons (Fsp3) is 0.250. The Kier molecular flexibility index (Phi) is 5.69. The van der Waals surface area contributed by atoms with Crippen LogP contribution in [0.2, 0.25) is 5.02 Å². The summed E-state index contributed by atoms with van der Waals surface area (Å²) in [6, 6.07) is 7.14. The van der Waals surface area contributed by atoms with E-state index in [-0.39, 0.29) is 19.1 Å². The Morgan fingerprint density at radius 3 is 2.82 bits per heavy atom. The topological polar surface area (TPSA) is 69.6 Å². The minimum atomic E-state index is -0.937. The van der Waals surface area contributed by atoms with E-state index >= 15 is 0 Å². The van der Waals surface area contributed by atoms with Crippen LogP contribution in [0.25, 0.3) is 6.08 Å². The molecule has 1 amide bonds. The Balaban J connectivity index is 2.49. The lowest BCUT2D eigenvalue weighted by Crippen LogP contribution is -2.32. The van der Waals surface area contributed by atoms with Gasteiger partial charge in [0.15, 0.2) is 0 Å². The van der Waals surface area contributed by atoms with Crippen molar-refractivity contribution >= 4 is 23.6 Å². The van der Waals surface area contributed by atoms with E-state index in [2.05, 4.69) is 5.32 Å². The Bertz CT molecular complexity index is 406. The van der Waals surface area contributed by atoms with Crippen LogP contribution in [-0.4, -0.2) is 35.4 Å². The standard InChI is InChI=1S/C12H14ClNO3/c13-11-4-2-1-3-9(11)5-6-12(17)14-7-10(16)8-15/h1-6,10,15-16H,7-8H2,(H,14,17)/b6-5-/t10-/m1/s1. The first-order valence-corrected chi connectivity index (χ1v) is 5.50. The molecule has 0 unspecified atom stereocenters. The van der Waals surface area contributed by atoms with Gasteiger partial charge in [0.25, 0.3) is 0 Å². The van der Waals surface area contributed by atoms with Crippen molar-refractivity contribution in [2.24, 2.45) is 0 Å². The Hall–Kier alpha value is -1.36. The molecule has 0 bridgehead atoms. The molecule has 1 atom stereocenters. The van der Waals surface area contributed by atoms with Crippen LogP contribution in [0.4, 0.5) is 0 Å². The zero-order valence-corrected chi connectivity index (χ0v) is 9.89. The number of hydrogen-bond acceptors (Lipinski definition) is 3. The number of aliphatic hydroxyl groups is 2. The SMILES string of the molecule is O=C(/C=C\c1ccccc1Cl)NC[C@@H](O)CO. The molecule has 0 spiro atoms. The third-order valence-corrected chi connectivity index (χ3v) is 2.39. The maximum absolute atomic E-state index is 11.3. The fourth-order valence-electron chi connectivity index (χ4n) is 1.12. The molecule has 17 heavy (non-hydrogen) atoms. The third kappa shape index (κ3) is 4.99. The number of carbonyl (C=O) groups is 1. The van der Waals surface area contributed by atoms with Gasteiger partial charge in [-0.3, -0.25) is 4.79 Å². The summed E-state index contributed by atoms with van der Waals surface area (Å²) >= 11 is 5.90. The fourth-order valence-corrected chi connectivity index (χ4v) is 1.32. The summed E-state index contributed by atoms with van der Waals surface area (Å²) in [5.74, 6) is -0.350. The van der Waals surface area contributed by atoms with E-state index in [4.69, 9.17) is 21.8 Å². The Labute approximate surface area is 105 Å². The molecule has 0 aliphatic heterocycles. The van der Waals surface area contributed by atoms with Gasteiger partial charge in [0.05, 0.1) is 12.7 Å². The lowest BCUT2D eigenvalue weighted by molar-refractivity contribution is -0.117. The van der Waals surface area contributed by atoms with Crippen molar-refractivity contribution in [2.45, 2.75) is 6.10 Å². The normalized spacial score (nSPS) is 12.6. The van der Waals surface area contributed by atoms with Crippen LogP contribution in [0.15, 0.2) is 30.3 Å². The molecule has 0 fully saturated rings. The molecule has 0 heterocycles. The highest BCUT2D eigenvalue weighted by Crippen LogP contribution is 2.15. The first-order valence-electron chi connectivity index (χ1n) is 5.13. The summed E-state index contributed by atoms with van der Waals surface area (Å²) in [6.45, 7) is -0.364. The number of halogens is 1. The quantitative estimate of drug-likeness (QED) is 0.683. The van der Waals surface area contributed by atoms with E-state index in [0.29, 0.717) is 5.02 Å². The van der Waals surface area contributed by atoms with Crippen LogP contribution >= 0.6 is 11.6 Å². The summed E-state index contributed by atoms with van der Waals surface area (Å²) in [5.41, 5.74) is 0.743. The minimum Gasteiger partial charge on any atom is -0.394 e. The zero-order valence-electron chi connectivity index (χ0n) is 9.14. The number of aliphatic hydroxyl groups excluding tert-OH is 2. The van der Waals surface area contributed by atoms with Crippen molar-refractivity contribution in [1.29, 1.82) is 0 Å². The molecule has 3 N–H and O–H groups in total. The van der Waals surface area contributed by atoms with Crippen LogP contribution in [-0.2, 0) is 4.79 Å². The number of benzene rings is 1. The molecule has 92 valence electrons. The van der Waals surface area contributed by atoms with Crippen LogP contribution < -0.4 is 5.32 Å². The summed E-state index contributed by atoms with van der Waals surface area (Å²) in [4.78, 5) is 11.3. The van der Waals surface area contributed by atoms with Gasteiger partial charge < -0.3 is 15.5 Å². The van der Waals surface area contributed by atoms with Crippen molar-refractivity contribution < 1.29 is 15.0 Å². The van der Waals surface area contributed by atoms with E-state index in [1.807, 2.05) is 6.07 Å². The first kappa shape index (κ1) is 13.7. The predicted molar refractivity (Wildman–Crippen MR) is 66.6 cm³/mol. The molecule has 0 aliphatic carbocycles. The third-order valence-electron chi connectivity index (χ3n) is 2.04. The lowest BCUT2D eigenvalue weighted by atomic mass is 10.2. The van der Waals surface area contributed by atoms with Crippen molar-refractivity contribution in [3.63, 3.8) is 0 Å². The van der Waals surface area contributed by atoms with Gasteiger partial charge in [-0.05, 0) is 17.7 Å². The molecule has 0 saturated carbocycles. The number of rotatable bonds is 5. The van der Waals surface area contributed by atoms with E-state index in [1.54, 1.807) is 24.3 Å². The molecule has 5 heteroatoms. The highest BCUT2D eigenvalue weighted by Gasteiger charge is 2.03. The Morgan fingerprint density at radius 1 is 1.47 bits per heavy atom. The van der Waals surface area contributed by atoms with Crippen LogP contribution in [0, 0.1) is 0 Å². The average molecular weight is 256 g/mol. The van der Waals surface area contributed by atoms with Gasteiger partial charge in [0.1, 0.15) is 0 Å². The maximum Gasteiger partial charge on any atom is 0.244 e. The molecule has 1 rings (SSSR count). The summed E-state index contributed by atoms with van der Waals surface area (Å²) in [5, 5.41) is 20.6. The van der Waals surface area contributed by atoms with Crippen LogP contribution in [0.5, 0.6) is 0 Å². The molecule has 0 radical (unpaired) electrons. The molecule has 0 aliphatic rings. The van der Waals surface area contributed by atoms with E-state index < -0.39 is 6.10 Å². The highest BCUT2D eigenvalue weighted by molar-refractivity contribution is 6.32. The average Bonchev–Trinajstić information content (AvgIpc) is 2.35. The molecular weight excluding hydrogens is 242 g/mol. The van der Waals surface area contributed by atoms with Crippen LogP contribution in [0.3, 0.4) is 0 Å². The van der Waals surface area contributed by atoms with Gasteiger partial charge in [0, 0.05) is 17.6 Å². The number of carbonyl (C=O) groups excluding carboxylic acids is 1. The van der Waals surface area contributed by atoms with E-state index in [9.17, 15) is 4.79 Å². The van der Waals surface area contributed by atoms with Crippen LogP contribution in [0.1, 0.15) is 5.56 Å². The van der Waals surface area contributed by atoms with Crippen molar-refractivity contribution in [2.75, 3.05) is 13.2 Å². The van der Waals surface area contributed by atoms with E-state index in [0.717, 1.165) is 5.56 Å². The molecular formula is C12H14ClNO3. The minimum absolute atomic E-state index is 0.0161. The first-order chi connectivity index (χ1) is 8.13. The van der Waals surface area contributed by atoms with Crippen molar-refractivity contribution in [3.8, 4) is 0 Å². The summed E-state index contributed by atoms with van der Waals surface area (Å²) < 4.78 is 0. The number of amides is 1. The van der Waals surface area contributed by atoms with Crippen molar-refractivity contribution in [3.05, 3.63) is 40.9 Å². The lowest BCUT2D eigenvalue weighted by Gasteiger charge is -2.06. The number of nitrogens with one attached hydrogen (secondary N) is 1. The van der Waals surface area contributed by atoms with Crippen molar-refractivity contribution in [1.82, 2.24) is 5.32 Å². The molecule has 0 saturated heterocycles. The molecule has 4 nitrogen and oxygen atoms in total. The summed E-state index contributed by atoms with van der Waals surface area (Å²) in [7, 11) is 0. The molecule has 0 aromatic heterocycles. The largest absolute Gasteiger partial charge is 0.394 e. The van der Waals surface area contributed by atoms with Gasteiger partial charge in [0.2, 0.25) is 5.91 Å². The Morgan fingerprint density at radius 2 is 2.18 bits per heavy atom. The van der Waals surface area contributed by atoms with Gasteiger partial charge in [-0.2, -0.15) is 0 Å². The predicted octanol–water partition coefficient (Wildman–Crippen LogP) is 0.823. The van der Waals surface area contributed by atoms with Gasteiger partial charge in [-0.25, -0.2) is 0 Å². The monoisotopic (exact) mass is 255 g/mol. The molecule has 1 aromatic carbocycles. The second-order valence-electron chi connectivity index (χ2n) is 3.44. The van der Waals surface area contributed by atoms with Gasteiger partial charge in [-0.15, -0.1) is 0 Å². The zero-order chi connectivity index (χ0) is 12.7. The highest BCUT2D eigenvalue weighted by atomic mass is 35.5. The van der Waals surface area contributed by atoms with Gasteiger partial charge in [-0.1, -0.05) is 29.8 Å². The second kappa shape index (κ2) is 7.06. The maximum atomic E-state index is 11.3. The molecule has 1 aromatic rings.